The third kappa shape index (κ3) is 2.99. The Labute approximate surface area is 88.8 Å². The number of hydrogen-bond donors (Lipinski definition) is 2. The van der Waals surface area contributed by atoms with Gasteiger partial charge >= 0.3 is 11.9 Å². The lowest BCUT2D eigenvalue weighted by molar-refractivity contribution is -0.163. The highest BCUT2D eigenvalue weighted by Crippen LogP contribution is 2.08. The number of carbonyl (C=O) groups is 2. The van der Waals surface area contributed by atoms with E-state index in [9.17, 15) is 9.59 Å². The highest BCUT2D eigenvalue weighted by Gasteiger charge is 2.26. The Hall–Kier alpha value is -0.550. The highest BCUT2D eigenvalue weighted by molar-refractivity contribution is 7.80. The second kappa shape index (κ2) is 5.36. The van der Waals surface area contributed by atoms with E-state index in [0.717, 1.165) is 19.4 Å². The van der Waals surface area contributed by atoms with Crippen LogP contribution in [0.4, 0.5) is 0 Å². The zero-order valence-electron chi connectivity index (χ0n) is 8.16. The fourth-order valence-corrected chi connectivity index (χ4v) is 1.38. The molecule has 2 atom stereocenters. The molecule has 0 aromatic carbocycles. The summed E-state index contributed by atoms with van der Waals surface area (Å²) in [6, 6.07) is -0.300. The van der Waals surface area contributed by atoms with Crippen LogP contribution in [-0.2, 0) is 14.3 Å². The molecular formula is C9H15NO3S. The predicted molar refractivity (Wildman–Crippen MR) is 55.1 cm³/mol. The molecule has 5 heteroatoms. The van der Waals surface area contributed by atoms with Crippen LogP contribution in [0.1, 0.15) is 19.8 Å². The smallest absolute Gasteiger partial charge is 0.330 e. The molecule has 1 N–H and O–H groups in total. The minimum atomic E-state index is -0.487. The van der Waals surface area contributed by atoms with Gasteiger partial charge in [-0.25, -0.2) is 4.79 Å². The Kier molecular flexibility index (Phi) is 4.41. The fraction of sp³-hybridized carbons (Fsp3) is 0.778. The predicted octanol–water partition coefficient (Wildman–Crippen LogP) is 0.374. The average molecular weight is 217 g/mol. The summed E-state index contributed by atoms with van der Waals surface area (Å²) in [5.74, 6) is -0.881. The molecule has 0 aromatic heterocycles. The lowest BCUT2D eigenvalue weighted by atomic mass is 10.2. The lowest BCUT2D eigenvalue weighted by Crippen LogP contribution is -2.35. The Morgan fingerprint density at radius 2 is 2.36 bits per heavy atom. The van der Waals surface area contributed by atoms with E-state index in [4.69, 9.17) is 4.74 Å². The molecule has 0 saturated carbocycles. The second-order valence-electron chi connectivity index (χ2n) is 3.47. The van der Waals surface area contributed by atoms with Gasteiger partial charge in [-0.3, -0.25) is 4.79 Å². The van der Waals surface area contributed by atoms with Crippen molar-refractivity contribution >= 4 is 24.6 Å². The molecule has 1 aliphatic rings. The van der Waals surface area contributed by atoms with E-state index in [-0.39, 0.29) is 12.0 Å². The van der Waals surface area contributed by atoms with Crippen LogP contribution in [0.25, 0.3) is 0 Å². The molecule has 80 valence electrons. The first-order chi connectivity index (χ1) is 6.65. The number of thiol groups is 1. The summed E-state index contributed by atoms with van der Waals surface area (Å²) in [5.41, 5.74) is 0. The van der Waals surface area contributed by atoms with Gasteiger partial charge in [0.25, 0.3) is 0 Å². The molecule has 4 nitrogen and oxygen atoms in total. The standard InChI is InChI=1S/C9H15NO3S/c1-6(5-14)8(11)13-9(12)7-3-2-4-10-7/h6-7,10,14H,2-5H2,1H3/t6?,7-/m0/s1. The van der Waals surface area contributed by atoms with E-state index >= 15 is 0 Å². The summed E-state index contributed by atoms with van der Waals surface area (Å²) < 4.78 is 4.70. The van der Waals surface area contributed by atoms with E-state index in [1.807, 2.05) is 0 Å². The largest absolute Gasteiger partial charge is 0.392 e. The number of rotatable bonds is 3. The monoisotopic (exact) mass is 217 g/mol. The van der Waals surface area contributed by atoms with Gasteiger partial charge in [0.2, 0.25) is 0 Å². The molecule has 0 aliphatic carbocycles. The minimum absolute atomic E-state index is 0.300. The molecule has 0 spiro atoms. The van der Waals surface area contributed by atoms with Crippen molar-refractivity contribution in [1.29, 1.82) is 0 Å². The van der Waals surface area contributed by atoms with Gasteiger partial charge in [0.1, 0.15) is 6.04 Å². The van der Waals surface area contributed by atoms with Crippen LogP contribution in [0.3, 0.4) is 0 Å². The van der Waals surface area contributed by atoms with Gasteiger partial charge in [-0.2, -0.15) is 12.6 Å². The molecule has 0 radical (unpaired) electrons. The molecule has 14 heavy (non-hydrogen) atoms. The van der Waals surface area contributed by atoms with E-state index < -0.39 is 11.9 Å². The van der Waals surface area contributed by atoms with Gasteiger partial charge in [-0.15, -0.1) is 0 Å². The van der Waals surface area contributed by atoms with Gasteiger partial charge < -0.3 is 10.1 Å². The first kappa shape index (κ1) is 11.5. The van der Waals surface area contributed by atoms with Crippen LogP contribution in [0.2, 0.25) is 0 Å². The Morgan fingerprint density at radius 3 is 2.86 bits per heavy atom. The summed E-state index contributed by atoms with van der Waals surface area (Å²) >= 11 is 3.96. The van der Waals surface area contributed by atoms with E-state index in [1.165, 1.54) is 0 Å². The van der Waals surface area contributed by atoms with Gasteiger partial charge in [0, 0.05) is 5.75 Å². The van der Waals surface area contributed by atoms with Crippen LogP contribution in [0.5, 0.6) is 0 Å². The van der Waals surface area contributed by atoms with Crippen molar-refractivity contribution < 1.29 is 14.3 Å². The highest BCUT2D eigenvalue weighted by atomic mass is 32.1. The molecule has 1 fully saturated rings. The van der Waals surface area contributed by atoms with Gasteiger partial charge in [-0.1, -0.05) is 6.92 Å². The van der Waals surface area contributed by atoms with Crippen molar-refractivity contribution in [2.75, 3.05) is 12.3 Å². The van der Waals surface area contributed by atoms with Crippen molar-refractivity contribution in [3.63, 3.8) is 0 Å². The third-order valence-electron chi connectivity index (χ3n) is 2.22. The maximum absolute atomic E-state index is 11.3. The molecule has 1 aliphatic heterocycles. The van der Waals surface area contributed by atoms with Crippen LogP contribution in [0, 0.1) is 5.92 Å². The van der Waals surface area contributed by atoms with Crippen LogP contribution in [0.15, 0.2) is 0 Å². The molecule has 0 amide bonds. The molecule has 0 bridgehead atoms. The minimum Gasteiger partial charge on any atom is -0.392 e. The lowest BCUT2D eigenvalue weighted by Gasteiger charge is -2.11. The zero-order valence-corrected chi connectivity index (χ0v) is 9.05. The number of carbonyl (C=O) groups excluding carboxylic acids is 2. The van der Waals surface area contributed by atoms with Crippen molar-refractivity contribution in [2.24, 2.45) is 5.92 Å². The van der Waals surface area contributed by atoms with E-state index in [1.54, 1.807) is 6.92 Å². The number of hydrogen-bond acceptors (Lipinski definition) is 5. The van der Waals surface area contributed by atoms with Crippen LogP contribution in [-0.4, -0.2) is 30.3 Å². The van der Waals surface area contributed by atoms with Gasteiger partial charge in [-0.05, 0) is 19.4 Å². The first-order valence-electron chi connectivity index (χ1n) is 4.75. The summed E-state index contributed by atoms with van der Waals surface area (Å²) in [4.78, 5) is 22.6. The quantitative estimate of drug-likeness (QED) is 0.407. The topological polar surface area (TPSA) is 55.4 Å². The van der Waals surface area contributed by atoms with Crippen molar-refractivity contribution in [3.05, 3.63) is 0 Å². The van der Waals surface area contributed by atoms with Crippen molar-refractivity contribution in [2.45, 2.75) is 25.8 Å². The summed E-state index contributed by atoms with van der Waals surface area (Å²) in [6.45, 7) is 2.50. The first-order valence-corrected chi connectivity index (χ1v) is 5.38. The average Bonchev–Trinajstić information content (AvgIpc) is 2.69. The number of esters is 2. The summed E-state index contributed by atoms with van der Waals surface area (Å²) in [5, 5.41) is 2.97. The molecule has 1 rings (SSSR count). The number of nitrogens with one attached hydrogen (secondary N) is 1. The molecule has 1 saturated heterocycles. The molecule has 1 unspecified atom stereocenters. The maximum atomic E-state index is 11.3. The third-order valence-corrected chi connectivity index (χ3v) is 2.77. The van der Waals surface area contributed by atoms with Crippen LogP contribution < -0.4 is 5.32 Å². The zero-order chi connectivity index (χ0) is 10.6. The second-order valence-corrected chi connectivity index (χ2v) is 3.84. The Morgan fingerprint density at radius 1 is 1.64 bits per heavy atom. The summed E-state index contributed by atoms with van der Waals surface area (Å²) in [7, 11) is 0. The molecule has 0 aromatic rings. The number of ether oxygens (including phenoxy) is 1. The Bertz CT molecular complexity index is 226. The van der Waals surface area contributed by atoms with Crippen molar-refractivity contribution in [1.82, 2.24) is 5.32 Å². The van der Waals surface area contributed by atoms with E-state index in [2.05, 4.69) is 17.9 Å². The Balaban J connectivity index is 2.35. The van der Waals surface area contributed by atoms with Gasteiger partial charge in [0.05, 0.1) is 5.92 Å². The maximum Gasteiger partial charge on any atom is 0.330 e. The summed E-state index contributed by atoms with van der Waals surface area (Å²) in [6.07, 6.45) is 1.71. The normalized spacial score (nSPS) is 23.1. The van der Waals surface area contributed by atoms with Crippen molar-refractivity contribution in [3.8, 4) is 0 Å². The van der Waals surface area contributed by atoms with Crippen LogP contribution >= 0.6 is 12.6 Å². The van der Waals surface area contributed by atoms with Gasteiger partial charge in [0.15, 0.2) is 0 Å². The fourth-order valence-electron chi connectivity index (χ4n) is 1.23. The van der Waals surface area contributed by atoms with E-state index in [0.29, 0.717) is 5.75 Å². The SMILES string of the molecule is CC(CS)C(=O)OC(=O)[C@@H]1CCCN1. The molecular weight excluding hydrogens is 202 g/mol. The molecule has 1 heterocycles.